The Labute approximate surface area is 161 Å². The van der Waals surface area contributed by atoms with Crippen molar-refractivity contribution in [2.45, 2.75) is 20.3 Å². The topological polar surface area (TPSA) is 51.2 Å². The van der Waals surface area contributed by atoms with E-state index in [4.69, 9.17) is 4.74 Å². The number of aromatic nitrogens is 1. The number of anilines is 1. The van der Waals surface area contributed by atoms with E-state index in [2.05, 4.69) is 33.2 Å². The number of benzene rings is 2. The third-order valence-corrected chi connectivity index (χ3v) is 4.49. The maximum absolute atomic E-state index is 12.6. The van der Waals surface area contributed by atoms with Crippen molar-refractivity contribution in [3.63, 3.8) is 0 Å². The van der Waals surface area contributed by atoms with Gasteiger partial charge in [0.15, 0.2) is 0 Å². The van der Waals surface area contributed by atoms with Crippen LogP contribution < -0.4 is 10.1 Å². The number of carbonyl (C=O) groups is 1. The summed E-state index contributed by atoms with van der Waals surface area (Å²) in [4.78, 5) is 16.8. The molecule has 0 aliphatic rings. The minimum Gasteiger partial charge on any atom is -0.439 e. The lowest BCUT2D eigenvalue weighted by molar-refractivity contribution is 0.102. The highest BCUT2D eigenvalue weighted by molar-refractivity contribution is 9.10. The van der Waals surface area contributed by atoms with Gasteiger partial charge in [-0.15, -0.1) is 0 Å². The number of rotatable bonds is 5. The summed E-state index contributed by atoms with van der Waals surface area (Å²) in [5.41, 5.74) is 3.51. The van der Waals surface area contributed by atoms with Crippen LogP contribution in [0, 0.1) is 6.92 Å². The van der Waals surface area contributed by atoms with Crippen molar-refractivity contribution >= 4 is 27.5 Å². The first-order chi connectivity index (χ1) is 12.6. The first-order valence-corrected chi connectivity index (χ1v) is 9.15. The second-order valence-corrected chi connectivity index (χ2v) is 6.78. The van der Waals surface area contributed by atoms with Crippen LogP contribution >= 0.6 is 15.9 Å². The highest BCUT2D eigenvalue weighted by atomic mass is 79.9. The fraction of sp³-hybridized carbons (Fsp3) is 0.143. The van der Waals surface area contributed by atoms with Crippen LogP contribution in [-0.2, 0) is 6.42 Å². The smallest absolute Gasteiger partial charge is 0.257 e. The molecule has 0 aliphatic carbocycles. The molecule has 0 aliphatic heterocycles. The van der Waals surface area contributed by atoms with Crippen LogP contribution in [0.4, 0.5) is 5.69 Å². The summed E-state index contributed by atoms with van der Waals surface area (Å²) < 4.78 is 6.62. The van der Waals surface area contributed by atoms with Gasteiger partial charge in [-0.25, -0.2) is 4.98 Å². The molecule has 0 atom stereocenters. The predicted octanol–water partition coefficient (Wildman–Crippen LogP) is 5.76. The van der Waals surface area contributed by atoms with Crippen LogP contribution in [0.1, 0.15) is 28.4 Å². The van der Waals surface area contributed by atoms with Crippen molar-refractivity contribution in [3.05, 3.63) is 82.0 Å². The van der Waals surface area contributed by atoms with Crippen LogP contribution in [0.3, 0.4) is 0 Å². The number of pyridine rings is 1. The molecule has 0 fully saturated rings. The van der Waals surface area contributed by atoms with E-state index in [0.29, 0.717) is 17.2 Å². The number of nitrogens with one attached hydrogen (secondary N) is 1. The molecule has 0 radical (unpaired) electrons. The largest absolute Gasteiger partial charge is 0.439 e. The Morgan fingerprint density at radius 3 is 2.65 bits per heavy atom. The van der Waals surface area contributed by atoms with Gasteiger partial charge >= 0.3 is 0 Å². The van der Waals surface area contributed by atoms with E-state index < -0.39 is 0 Å². The number of nitrogens with zero attached hydrogens (tertiary/aromatic N) is 1. The molecule has 0 unspecified atom stereocenters. The van der Waals surface area contributed by atoms with Gasteiger partial charge in [0.25, 0.3) is 5.91 Å². The molecule has 2 aromatic carbocycles. The number of carbonyl (C=O) groups excluding carboxylic acids is 1. The Bertz CT molecular complexity index is 924. The lowest BCUT2D eigenvalue weighted by Crippen LogP contribution is -2.14. The predicted molar refractivity (Wildman–Crippen MR) is 107 cm³/mol. The molecule has 3 rings (SSSR count). The average molecular weight is 411 g/mol. The average Bonchev–Trinajstić information content (AvgIpc) is 2.64. The molecule has 5 heteroatoms. The lowest BCUT2D eigenvalue weighted by Gasteiger charge is -2.13. The number of amides is 1. The Morgan fingerprint density at radius 1 is 1.15 bits per heavy atom. The molecule has 0 saturated heterocycles. The Morgan fingerprint density at radius 2 is 1.96 bits per heavy atom. The van der Waals surface area contributed by atoms with Crippen molar-refractivity contribution in [2.75, 3.05) is 5.32 Å². The highest BCUT2D eigenvalue weighted by Gasteiger charge is 2.11. The number of aryl methyl sites for hydroxylation is 2. The second kappa shape index (κ2) is 8.15. The van der Waals surface area contributed by atoms with Crippen molar-refractivity contribution in [1.82, 2.24) is 4.98 Å². The summed E-state index contributed by atoms with van der Waals surface area (Å²) in [6, 6.07) is 16.9. The standard InChI is InChI=1S/C21H19BrN2O2/c1-3-15-7-4-6-14(2)20(15)24-21(25)16-10-11-19(23-13-16)26-18-9-5-8-17(22)12-18/h4-13H,3H2,1-2H3,(H,24,25). The van der Waals surface area contributed by atoms with E-state index in [9.17, 15) is 4.79 Å². The minimum atomic E-state index is -0.185. The second-order valence-electron chi connectivity index (χ2n) is 5.86. The van der Waals surface area contributed by atoms with Gasteiger partial charge in [-0.2, -0.15) is 0 Å². The normalized spacial score (nSPS) is 10.4. The molecule has 0 spiro atoms. The fourth-order valence-electron chi connectivity index (χ4n) is 2.61. The van der Waals surface area contributed by atoms with Crippen molar-refractivity contribution in [1.29, 1.82) is 0 Å². The highest BCUT2D eigenvalue weighted by Crippen LogP contribution is 2.24. The van der Waals surface area contributed by atoms with Crippen molar-refractivity contribution in [3.8, 4) is 11.6 Å². The molecule has 132 valence electrons. The molecule has 26 heavy (non-hydrogen) atoms. The summed E-state index contributed by atoms with van der Waals surface area (Å²) in [6.45, 7) is 4.06. The van der Waals surface area contributed by atoms with E-state index in [1.165, 1.54) is 6.20 Å². The molecule has 4 nitrogen and oxygen atoms in total. The Kier molecular flexibility index (Phi) is 5.68. The summed E-state index contributed by atoms with van der Waals surface area (Å²) in [6.07, 6.45) is 2.38. The van der Waals surface area contributed by atoms with E-state index >= 15 is 0 Å². The van der Waals surface area contributed by atoms with Gasteiger partial charge < -0.3 is 10.1 Å². The number of hydrogen-bond acceptors (Lipinski definition) is 3. The van der Waals surface area contributed by atoms with Crippen LogP contribution in [0.5, 0.6) is 11.6 Å². The summed E-state index contributed by atoms with van der Waals surface area (Å²) in [5.74, 6) is 0.928. The zero-order valence-electron chi connectivity index (χ0n) is 14.6. The van der Waals surface area contributed by atoms with Crippen molar-refractivity contribution in [2.24, 2.45) is 0 Å². The van der Waals surface area contributed by atoms with Crippen molar-refractivity contribution < 1.29 is 9.53 Å². The van der Waals surface area contributed by atoms with E-state index in [1.807, 2.05) is 49.4 Å². The number of ether oxygens (including phenoxy) is 1. The van der Waals surface area contributed by atoms with Gasteiger partial charge in [0.05, 0.1) is 5.56 Å². The first-order valence-electron chi connectivity index (χ1n) is 8.36. The quantitative estimate of drug-likeness (QED) is 0.581. The number of hydrogen-bond donors (Lipinski definition) is 1. The minimum absolute atomic E-state index is 0.185. The molecule has 0 saturated carbocycles. The lowest BCUT2D eigenvalue weighted by atomic mass is 10.1. The maximum Gasteiger partial charge on any atom is 0.257 e. The Hall–Kier alpha value is -2.66. The van der Waals surface area contributed by atoms with E-state index in [0.717, 1.165) is 27.7 Å². The van der Waals surface area contributed by atoms with E-state index in [1.54, 1.807) is 12.1 Å². The molecule has 1 N–H and O–H groups in total. The third kappa shape index (κ3) is 4.29. The van der Waals surface area contributed by atoms with Crippen LogP contribution in [0.15, 0.2) is 65.3 Å². The summed E-state index contributed by atoms with van der Waals surface area (Å²) >= 11 is 3.40. The fourth-order valence-corrected chi connectivity index (χ4v) is 2.99. The summed E-state index contributed by atoms with van der Waals surface area (Å²) in [5, 5.41) is 3.00. The maximum atomic E-state index is 12.6. The molecule has 1 amide bonds. The third-order valence-electron chi connectivity index (χ3n) is 4.00. The number of halogens is 1. The molecular formula is C21H19BrN2O2. The first kappa shape index (κ1) is 18.1. The molecule has 1 aromatic heterocycles. The van der Waals surface area contributed by atoms with Crippen LogP contribution in [0.2, 0.25) is 0 Å². The van der Waals surface area contributed by atoms with Gasteiger partial charge in [-0.1, -0.05) is 47.1 Å². The SMILES string of the molecule is CCc1cccc(C)c1NC(=O)c1ccc(Oc2cccc(Br)c2)nc1. The summed E-state index contributed by atoms with van der Waals surface area (Å²) in [7, 11) is 0. The van der Waals surface area contributed by atoms with Gasteiger partial charge in [-0.3, -0.25) is 4.79 Å². The van der Waals surface area contributed by atoms with Gasteiger partial charge in [0.2, 0.25) is 5.88 Å². The molecule has 3 aromatic rings. The molecular weight excluding hydrogens is 392 g/mol. The molecule has 1 heterocycles. The monoisotopic (exact) mass is 410 g/mol. The zero-order chi connectivity index (χ0) is 18.5. The molecule has 0 bridgehead atoms. The van der Waals surface area contributed by atoms with E-state index in [-0.39, 0.29) is 5.91 Å². The number of para-hydroxylation sites is 1. The van der Waals surface area contributed by atoms with Crippen LogP contribution in [0.25, 0.3) is 0 Å². The van der Waals surface area contributed by atoms with Gasteiger partial charge in [-0.05, 0) is 48.7 Å². The van der Waals surface area contributed by atoms with Gasteiger partial charge in [0.1, 0.15) is 5.75 Å². The Balaban J connectivity index is 1.73. The zero-order valence-corrected chi connectivity index (χ0v) is 16.2. The van der Waals surface area contributed by atoms with Gasteiger partial charge in [0, 0.05) is 22.4 Å². The van der Waals surface area contributed by atoms with Crippen LogP contribution in [-0.4, -0.2) is 10.9 Å².